The third-order valence-corrected chi connectivity index (χ3v) is 6.50. The number of methoxy groups -OCH3 is 1. The zero-order valence-corrected chi connectivity index (χ0v) is 18.8. The van der Waals surface area contributed by atoms with Crippen molar-refractivity contribution in [3.63, 3.8) is 0 Å². The zero-order valence-electron chi connectivity index (χ0n) is 18.8. The fourth-order valence-corrected chi connectivity index (χ4v) is 4.80. The van der Waals surface area contributed by atoms with Crippen molar-refractivity contribution in [1.29, 1.82) is 0 Å². The maximum absolute atomic E-state index is 14.1. The lowest BCUT2D eigenvalue weighted by Crippen LogP contribution is -2.57. The van der Waals surface area contributed by atoms with Crippen LogP contribution < -0.4 is 4.74 Å². The lowest BCUT2D eigenvalue weighted by atomic mass is 9.74. The van der Waals surface area contributed by atoms with Gasteiger partial charge in [-0.2, -0.15) is 13.2 Å². The van der Waals surface area contributed by atoms with E-state index in [-0.39, 0.29) is 0 Å². The molecule has 1 unspecified atom stereocenters. The summed E-state index contributed by atoms with van der Waals surface area (Å²) >= 11 is 0. The fourth-order valence-electron chi connectivity index (χ4n) is 4.80. The molecule has 0 bridgehead atoms. The van der Waals surface area contributed by atoms with E-state index in [1.807, 2.05) is 30.3 Å². The molecule has 3 rings (SSSR count). The number of alkyl halides is 3. The van der Waals surface area contributed by atoms with Gasteiger partial charge < -0.3 is 14.7 Å². The van der Waals surface area contributed by atoms with E-state index in [1.165, 1.54) is 30.9 Å². The lowest BCUT2D eigenvalue weighted by molar-refractivity contribution is -0.272. The number of benzene rings is 2. The van der Waals surface area contributed by atoms with Crippen molar-refractivity contribution in [1.82, 2.24) is 4.90 Å². The number of β-amino-alcohol motifs (C(OH)–C–C–N with tert-alkyl or cyclic N) is 1. The normalized spacial score (nSPS) is 18.4. The van der Waals surface area contributed by atoms with Gasteiger partial charge in [0.2, 0.25) is 0 Å². The SMILES string of the molecule is COc1ccc(F)cc1C(C)(C)CC(O)(CN1CCC(c2ccccc2)CC1)C(F)(F)F. The van der Waals surface area contributed by atoms with Crippen LogP contribution in [0.15, 0.2) is 48.5 Å². The van der Waals surface area contributed by atoms with E-state index in [9.17, 15) is 22.7 Å². The Labute approximate surface area is 187 Å². The first kappa shape index (κ1) is 24.5. The molecule has 2 aromatic carbocycles. The third-order valence-electron chi connectivity index (χ3n) is 6.50. The van der Waals surface area contributed by atoms with Crippen LogP contribution in [0.1, 0.15) is 50.2 Å². The van der Waals surface area contributed by atoms with Crippen molar-refractivity contribution in [2.75, 3.05) is 26.7 Å². The maximum Gasteiger partial charge on any atom is 0.418 e. The van der Waals surface area contributed by atoms with Crippen molar-refractivity contribution >= 4 is 0 Å². The molecule has 7 heteroatoms. The summed E-state index contributed by atoms with van der Waals surface area (Å²) in [5, 5.41) is 10.9. The van der Waals surface area contributed by atoms with Gasteiger partial charge in [-0.25, -0.2) is 4.39 Å². The molecule has 1 atom stereocenters. The maximum atomic E-state index is 14.1. The number of rotatable bonds is 7. The molecule has 3 nitrogen and oxygen atoms in total. The summed E-state index contributed by atoms with van der Waals surface area (Å²) in [7, 11) is 1.39. The molecule has 0 radical (unpaired) electrons. The van der Waals surface area contributed by atoms with Crippen LogP contribution in [0.2, 0.25) is 0 Å². The second kappa shape index (κ2) is 9.40. The summed E-state index contributed by atoms with van der Waals surface area (Å²) in [6, 6.07) is 13.7. The molecule has 176 valence electrons. The van der Waals surface area contributed by atoms with Crippen molar-refractivity contribution < 1.29 is 27.4 Å². The third kappa shape index (κ3) is 5.44. The Morgan fingerprint density at radius 3 is 2.22 bits per heavy atom. The predicted molar refractivity (Wildman–Crippen MR) is 116 cm³/mol. The molecular formula is C25H31F4NO2. The number of aliphatic hydroxyl groups is 1. The molecule has 0 aromatic heterocycles. The second-order valence-corrected chi connectivity index (χ2v) is 9.40. The van der Waals surface area contributed by atoms with Crippen LogP contribution in [0.3, 0.4) is 0 Å². The molecule has 0 spiro atoms. The first-order valence-electron chi connectivity index (χ1n) is 10.9. The van der Waals surface area contributed by atoms with Gasteiger partial charge in [0, 0.05) is 12.1 Å². The Morgan fingerprint density at radius 1 is 1.03 bits per heavy atom. The highest BCUT2D eigenvalue weighted by molar-refractivity contribution is 5.39. The molecule has 1 aliphatic heterocycles. The van der Waals surface area contributed by atoms with Gasteiger partial charge >= 0.3 is 6.18 Å². The Hall–Kier alpha value is -2.12. The van der Waals surface area contributed by atoms with Crippen LogP contribution in [0.5, 0.6) is 5.75 Å². The number of nitrogens with zero attached hydrogens (tertiary/aromatic N) is 1. The van der Waals surface area contributed by atoms with E-state index < -0.39 is 36.0 Å². The van der Waals surface area contributed by atoms with Crippen LogP contribution in [0.4, 0.5) is 17.6 Å². The van der Waals surface area contributed by atoms with Gasteiger partial charge in [-0.1, -0.05) is 44.2 Å². The summed E-state index contributed by atoms with van der Waals surface area (Å²) in [6.45, 7) is 3.58. The number of halogens is 4. The average molecular weight is 454 g/mol. The molecule has 32 heavy (non-hydrogen) atoms. The molecule has 1 fully saturated rings. The minimum absolute atomic E-state index is 0.296. The van der Waals surface area contributed by atoms with Crippen LogP contribution in [-0.4, -0.2) is 48.5 Å². The predicted octanol–water partition coefficient (Wildman–Crippen LogP) is 5.68. The number of ether oxygens (including phenoxy) is 1. The standard InChI is InChI=1S/C25H31F4NO2/c1-23(2,21-15-20(26)9-10-22(21)32-3)16-24(31,25(27,28)29)17-30-13-11-19(12-14-30)18-7-5-4-6-8-18/h4-10,15,19,31H,11-14,16-17H2,1-3H3. The molecular weight excluding hydrogens is 422 g/mol. The molecule has 2 aromatic rings. The summed E-state index contributed by atoms with van der Waals surface area (Å²) in [5.41, 5.74) is -2.63. The van der Waals surface area contributed by atoms with E-state index in [0.29, 0.717) is 30.3 Å². The Bertz CT molecular complexity index is 893. The number of hydrogen-bond donors (Lipinski definition) is 1. The molecule has 1 aliphatic rings. The zero-order chi connectivity index (χ0) is 23.6. The summed E-state index contributed by atoms with van der Waals surface area (Å²) in [6.07, 6.45) is -3.97. The van der Waals surface area contributed by atoms with Crippen LogP contribution >= 0.6 is 0 Å². The number of likely N-dealkylation sites (tertiary alicyclic amines) is 1. The van der Waals surface area contributed by atoms with E-state index in [2.05, 4.69) is 0 Å². The first-order chi connectivity index (χ1) is 14.9. The Kier molecular flexibility index (Phi) is 7.20. The van der Waals surface area contributed by atoms with Gasteiger partial charge in [0.25, 0.3) is 0 Å². The van der Waals surface area contributed by atoms with Gasteiger partial charge in [0.15, 0.2) is 5.60 Å². The molecule has 0 aliphatic carbocycles. The van der Waals surface area contributed by atoms with E-state index in [1.54, 1.807) is 18.7 Å². The fraction of sp³-hybridized carbons (Fsp3) is 0.520. The topological polar surface area (TPSA) is 32.7 Å². The lowest BCUT2D eigenvalue weighted by Gasteiger charge is -2.42. The first-order valence-corrected chi connectivity index (χ1v) is 10.9. The molecule has 1 N–H and O–H groups in total. The monoisotopic (exact) mass is 453 g/mol. The number of hydrogen-bond acceptors (Lipinski definition) is 3. The van der Waals surface area contributed by atoms with Gasteiger partial charge in [-0.05, 0) is 67.4 Å². The highest BCUT2D eigenvalue weighted by atomic mass is 19.4. The van der Waals surface area contributed by atoms with E-state index in [4.69, 9.17) is 4.74 Å². The number of piperidine rings is 1. The molecule has 1 heterocycles. The van der Waals surface area contributed by atoms with Gasteiger partial charge in [-0.15, -0.1) is 0 Å². The van der Waals surface area contributed by atoms with Gasteiger partial charge in [0.05, 0.1) is 7.11 Å². The quantitative estimate of drug-likeness (QED) is 0.548. The highest BCUT2D eigenvalue weighted by Crippen LogP contribution is 2.44. The smallest absolute Gasteiger partial charge is 0.418 e. The van der Waals surface area contributed by atoms with Crippen molar-refractivity contribution in [3.8, 4) is 5.75 Å². The molecule has 0 saturated carbocycles. The largest absolute Gasteiger partial charge is 0.496 e. The highest BCUT2D eigenvalue weighted by Gasteiger charge is 2.57. The van der Waals surface area contributed by atoms with E-state index in [0.717, 1.165) is 12.8 Å². The average Bonchev–Trinajstić information content (AvgIpc) is 2.73. The summed E-state index contributed by atoms with van der Waals surface area (Å²) in [5.74, 6) is 0.0384. The minimum atomic E-state index is -4.83. The van der Waals surface area contributed by atoms with E-state index >= 15 is 0 Å². The molecule has 1 saturated heterocycles. The van der Waals surface area contributed by atoms with Crippen molar-refractivity contribution in [2.45, 2.75) is 56.2 Å². The summed E-state index contributed by atoms with van der Waals surface area (Å²) < 4.78 is 61.5. The Balaban J connectivity index is 1.77. The summed E-state index contributed by atoms with van der Waals surface area (Å²) in [4.78, 5) is 1.69. The van der Waals surface area contributed by atoms with Crippen LogP contribution in [0, 0.1) is 5.82 Å². The second-order valence-electron chi connectivity index (χ2n) is 9.40. The van der Waals surface area contributed by atoms with Crippen LogP contribution in [0.25, 0.3) is 0 Å². The van der Waals surface area contributed by atoms with Crippen molar-refractivity contribution in [3.05, 3.63) is 65.5 Å². The van der Waals surface area contributed by atoms with Crippen LogP contribution in [-0.2, 0) is 5.41 Å². The van der Waals surface area contributed by atoms with Crippen molar-refractivity contribution in [2.24, 2.45) is 0 Å². The molecule has 0 amide bonds. The van der Waals surface area contributed by atoms with Gasteiger partial charge in [0.1, 0.15) is 11.6 Å². The van der Waals surface area contributed by atoms with Gasteiger partial charge in [-0.3, -0.25) is 0 Å². The Morgan fingerprint density at radius 2 is 1.66 bits per heavy atom. The minimum Gasteiger partial charge on any atom is -0.496 e.